The molecule has 0 radical (unpaired) electrons. The second kappa shape index (κ2) is 11.6. The summed E-state index contributed by atoms with van der Waals surface area (Å²) in [7, 11) is -3.22. The fourth-order valence-corrected chi connectivity index (χ4v) is 8.73. The van der Waals surface area contributed by atoms with Crippen LogP contribution < -0.4 is 15.4 Å². The molecule has 3 aliphatic heterocycles. The van der Waals surface area contributed by atoms with Gasteiger partial charge in [-0.05, 0) is 55.7 Å². The molecule has 0 bridgehead atoms. The van der Waals surface area contributed by atoms with Gasteiger partial charge in [0.05, 0.1) is 22.5 Å². The Kier molecular flexibility index (Phi) is 8.27. The molecule has 41 heavy (non-hydrogen) atoms. The fourth-order valence-electron chi connectivity index (χ4n) is 5.65. The molecule has 2 aromatic rings. The fraction of sp³-hybridized carbons (Fsp3) is 0.429. The summed E-state index contributed by atoms with van der Waals surface area (Å²) in [4.78, 5) is 33.0. The number of pyridine rings is 1. The molecule has 0 saturated carbocycles. The quantitative estimate of drug-likeness (QED) is 0.358. The number of hydrogen-bond acceptors (Lipinski definition) is 9. The van der Waals surface area contributed by atoms with Crippen LogP contribution in [-0.2, 0) is 21.2 Å². The summed E-state index contributed by atoms with van der Waals surface area (Å²) in [5.41, 5.74) is 1.64. The normalized spacial score (nSPS) is 21.7. The molecule has 3 aliphatic rings. The number of sulfone groups is 1. The third-order valence-corrected chi connectivity index (χ3v) is 10.8. The molecule has 4 heterocycles. The molecule has 0 N–H and O–H groups in total. The summed E-state index contributed by atoms with van der Waals surface area (Å²) in [6, 6.07) is 7.91. The number of nitriles is 1. The van der Waals surface area contributed by atoms with Gasteiger partial charge >= 0.3 is 0 Å². The maximum absolute atomic E-state index is 13.5. The van der Waals surface area contributed by atoms with Gasteiger partial charge in [0, 0.05) is 44.0 Å². The zero-order valence-corrected chi connectivity index (χ0v) is 25.2. The van der Waals surface area contributed by atoms with Crippen molar-refractivity contribution < 1.29 is 17.6 Å². The first-order valence-corrected chi connectivity index (χ1v) is 16.5. The maximum Gasteiger partial charge on any atom is 0.270 e. The molecule has 13 heteroatoms. The average molecular weight is 616 g/mol. The second-order valence-electron chi connectivity index (χ2n) is 10.4. The van der Waals surface area contributed by atoms with Crippen LogP contribution in [-0.4, -0.2) is 71.8 Å². The number of thiocarbonyl (C=S) groups is 1. The molecular weight excluding hydrogens is 586 g/mol. The Balaban J connectivity index is 1.54. The molecule has 0 spiro atoms. The minimum absolute atomic E-state index is 0.0223. The summed E-state index contributed by atoms with van der Waals surface area (Å²) in [6.07, 6.45) is 2.70. The van der Waals surface area contributed by atoms with Crippen molar-refractivity contribution in [3.63, 3.8) is 0 Å². The van der Waals surface area contributed by atoms with Crippen LogP contribution in [0.5, 0.6) is 0 Å². The summed E-state index contributed by atoms with van der Waals surface area (Å²) in [5.74, 6) is -0.112. The van der Waals surface area contributed by atoms with Crippen LogP contribution in [0.25, 0.3) is 6.08 Å². The molecule has 1 atom stereocenters. The van der Waals surface area contributed by atoms with Crippen LogP contribution >= 0.6 is 24.0 Å². The van der Waals surface area contributed by atoms with E-state index >= 15 is 0 Å². The Labute approximate surface area is 248 Å². The SMILES string of the molecule is CCCn1c(N2CCN(c3ccc(F)cc3)CC2)c(C=C2SC(=S)N(C3CCS(=O)(=O)C3)C2=O)c(C)c(C#N)c1=O. The number of anilines is 2. The molecule has 9 nitrogen and oxygen atoms in total. The van der Waals surface area contributed by atoms with Crippen LogP contribution in [0.3, 0.4) is 0 Å². The van der Waals surface area contributed by atoms with Gasteiger partial charge in [-0.25, -0.2) is 12.8 Å². The van der Waals surface area contributed by atoms with E-state index in [1.54, 1.807) is 29.7 Å². The van der Waals surface area contributed by atoms with E-state index in [0.717, 1.165) is 17.4 Å². The third kappa shape index (κ3) is 5.65. The minimum Gasteiger partial charge on any atom is -0.368 e. The van der Waals surface area contributed by atoms with Crippen molar-refractivity contribution in [2.24, 2.45) is 0 Å². The topological polar surface area (TPSA) is 107 Å². The number of carbonyl (C=O) groups excluding carboxylic acids is 1. The number of thioether (sulfide) groups is 1. The van der Waals surface area contributed by atoms with Crippen LogP contribution in [0.2, 0.25) is 0 Å². The van der Waals surface area contributed by atoms with E-state index in [0.29, 0.717) is 71.7 Å². The summed E-state index contributed by atoms with van der Waals surface area (Å²) in [5, 5.41) is 9.90. The van der Waals surface area contributed by atoms with Gasteiger partial charge in [0.15, 0.2) is 9.84 Å². The smallest absolute Gasteiger partial charge is 0.270 e. The minimum atomic E-state index is -3.22. The summed E-state index contributed by atoms with van der Waals surface area (Å²) >= 11 is 6.61. The standard InChI is InChI=1S/C28H30FN5O4S3/c1-3-9-33-25(32-12-10-31(11-13-32)20-6-4-19(29)5-7-20)22(18(2)23(16-30)26(33)35)15-24-27(36)34(28(39)40-24)21-8-14-41(37,38)17-21/h4-7,15,21H,3,8-14,17H2,1-2H3. The van der Waals surface area contributed by atoms with Gasteiger partial charge in [0.2, 0.25) is 0 Å². The maximum atomic E-state index is 13.5. The van der Waals surface area contributed by atoms with Crippen molar-refractivity contribution in [3.05, 3.63) is 62.0 Å². The van der Waals surface area contributed by atoms with Crippen LogP contribution in [0, 0.1) is 24.1 Å². The van der Waals surface area contributed by atoms with Crippen molar-refractivity contribution in [1.82, 2.24) is 9.47 Å². The van der Waals surface area contributed by atoms with Crippen molar-refractivity contribution in [2.45, 2.75) is 39.3 Å². The molecule has 3 fully saturated rings. The van der Waals surface area contributed by atoms with E-state index in [2.05, 4.69) is 15.9 Å². The van der Waals surface area contributed by atoms with Gasteiger partial charge in [0.25, 0.3) is 11.5 Å². The number of carbonyl (C=O) groups is 1. The number of hydrogen-bond donors (Lipinski definition) is 0. The lowest BCUT2D eigenvalue weighted by molar-refractivity contribution is -0.123. The zero-order valence-electron chi connectivity index (χ0n) is 22.8. The molecular formula is C28H30FN5O4S3. The summed E-state index contributed by atoms with van der Waals surface area (Å²) < 4.78 is 39.5. The largest absolute Gasteiger partial charge is 0.368 e. The van der Waals surface area contributed by atoms with E-state index in [1.165, 1.54) is 17.0 Å². The van der Waals surface area contributed by atoms with Gasteiger partial charge in [-0.3, -0.25) is 19.1 Å². The highest BCUT2D eigenvalue weighted by atomic mass is 32.2. The average Bonchev–Trinajstić information content (AvgIpc) is 3.44. The van der Waals surface area contributed by atoms with Gasteiger partial charge < -0.3 is 9.80 Å². The van der Waals surface area contributed by atoms with E-state index in [4.69, 9.17) is 12.2 Å². The number of halogens is 1. The number of rotatable bonds is 6. The molecule has 0 aliphatic carbocycles. The van der Waals surface area contributed by atoms with Gasteiger partial charge in [-0.1, -0.05) is 30.9 Å². The van der Waals surface area contributed by atoms with Crippen molar-refractivity contribution in [3.8, 4) is 6.07 Å². The lowest BCUT2D eigenvalue weighted by Gasteiger charge is -2.39. The first-order chi connectivity index (χ1) is 19.5. The number of amides is 1. The third-order valence-electron chi connectivity index (χ3n) is 7.74. The van der Waals surface area contributed by atoms with Crippen molar-refractivity contribution >= 4 is 61.6 Å². The lowest BCUT2D eigenvalue weighted by Crippen LogP contribution is -2.48. The lowest BCUT2D eigenvalue weighted by atomic mass is 10.0. The second-order valence-corrected chi connectivity index (χ2v) is 14.3. The molecule has 1 aromatic carbocycles. The van der Waals surface area contributed by atoms with Crippen LogP contribution in [0.4, 0.5) is 15.9 Å². The molecule has 1 amide bonds. The molecule has 1 aromatic heterocycles. The Morgan fingerprint density at radius 3 is 2.39 bits per heavy atom. The van der Waals surface area contributed by atoms with E-state index in [1.807, 2.05) is 6.92 Å². The molecule has 5 rings (SSSR count). The highest BCUT2D eigenvalue weighted by molar-refractivity contribution is 8.26. The van der Waals surface area contributed by atoms with Crippen molar-refractivity contribution in [1.29, 1.82) is 5.26 Å². The number of piperazine rings is 1. The van der Waals surface area contributed by atoms with Crippen LogP contribution in [0.15, 0.2) is 34.0 Å². The highest BCUT2D eigenvalue weighted by Crippen LogP contribution is 2.38. The highest BCUT2D eigenvalue weighted by Gasteiger charge is 2.42. The van der Waals surface area contributed by atoms with Crippen molar-refractivity contribution in [2.75, 3.05) is 47.5 Å². The number of nitrogens with zero attached hydrogens (tertiary/aromatic N) is 5. The molecule has 1 unspecified atom stereocenters. The first-order valence-electron chi connectivity index (χ1n) is 13.4. The monoisotopic (exact) mass is 615 g/mol. The van der Waals surface area contributed by atoms with E-state index in [-0.39, 0.29) is 34.4 Å². The first kappa shape index (κ1) is 29.3. The van der Waals surface area contributed by atoms with Gasteiger partial charge in [-0.2, -0.15) is 5.26 Å². The molecule has 3 saturated heterocycles. The van der Waals surface area contributed by atoms with E-state index in [9.17, 15) is 27.7 Å². The number of aromatic nitrogens is 1. The predicted octanol–water partition coefficient (Wildman–Crippen LogP) is 3.29. The Hall–Kier alpha value is -3.21. The Morgan fingerprint density at radius 2 is 1.80 bits per heavy atom. The predicted molar refractivity (Wildman–Crippen MR) is 163 cm³/mol. The van der Waals surface area contributed by atoms with Crippen LogP contribution in [0.1, 0.15) is 36.5 Å². The Bertz CT molecular complexity index is 1640. The van der Waals surface area contributed by atoms with Gasteiger partial charge in [0.1, 0.15) is 27.6 Å². The zero-order chi connectivity index (χ0) is 29.5. The molecule has 216 valence electrons. The van der Waals surface area contributed by atoms with E-state index < -0.39 is 15.9 Å². The van der Waals surface area contributed by atoms with Gasteiger partial charge in [-0.15, -0.1) is 0 Å². The summed E-state index contributed by atoms with van der Waals surface area (Å²) in [6.45, 7) is 6.44. The Morgan fingerprint density at radius 1 is 1.15 bits per heavy atom. The number of benzene rings is 1.